The molecule has 8 heavy (non-hydrogen) atoms. The second kappa shape index (κ2) is 3.21. The van der Waals surface area contributed by atoms with Crippen molar-refractivity contribution in [3.8, 4) is 0 Å². The van der Waals surface area contributed by atoms with Crippen molar-refractivity contribution in [3.63, 3.8) is 0 Å². The molecule has 0 fully saturated rings. The highest BCUT2D eigenvalue weighted by atomic mass is 31.0. The Morgan fingerprint density at radius 2 is 2.00 bits per heavy atom. The minimum atomic E-state index is 0.127. The van der Waals surface area contributed by atoms with Gasteiger partial charge < -0.3 is 5.73 Å². The lowest BCUT2D eigenvalue weighted by atomic mass is 10.1. The van der Waals surface area contributed by atoms with Gasteiger partial charge in [0.1, 0.15) is 0 Å². The molecule has 0 heterocycles. The van der Waals surface area contributed by atoms with Crippen LogP contribution in [-0.4, -0.2) is 11.7 Å². The van der Waals surface area contributed by atoms with Crippen molar-refractivity contribution in [2.45, 2.75) is 25.5 Å². The van der Waals surface area contributed by atoms with Crippen molar-refractivity contribution in [3.05, 3.63) is 12.2 Å². The smallest absolute Gasteiger partial charge is 0.0228 e. The molecule has 0 rings (SSSR count). The van der Waals surface area contributed by atoms with E-state index in [1.165, 1.54) is 0 Å². The molecule has 3 atom stereocenters. The van der Waals surface area contributed by atoms with E-state index in [1.807, 2.05) is 6.92 Å². The van der Waals surface area contributed by atoms with Gasteiger partial charge in [-0.3, -0.25) is 0 Å². The second-order valence-corrected chi connectivity index (χ2v) is 3.15. The first-order valence-electron chi connectivity index (χ1n) is 2.75. The SMILES string of the molecule is C=C(C(C)N)C(C)P. The van der Waals surface area contributed by atoms with E-state index >= 15 is 0 Å². The molecule has 0 saturated heterocycles. The molecule has 0 spiro atoms. The van der Waals surface area contributed by atoms with Gasteiger partial charge >= 0.3 is 0 Å². The highest BCUT2D eigenvalue weighted by molar-refractivity contribution is 7.18. The average Bonchev–Trinajstić information content (AvgIpc) is 1.64. The van der Waals surface area contributed by atoms with Gasteiger partial charge in [-0.05, 0) is 12.6 Å². The van der Waals surface area contributed by atoms with Gasteiger partial charge in [-0.15, -0.1) is 9.24 Å². The topological polar surface area (TPSA) is 26.0 Å². The van der Waals surface area contributed by atoms with E-state index in [1.54, 1.807) is 0 Å². The molecule has 0 aliphatic rings. The molecular weight excluding hydrogens is 117 g/mol. The Morgan fingerprint density at radius 3 is 2.00 bits per heavy atom. The average molecular weight is 131 g/mol. The molecule has 1 nitrogen and oxygen atoms in total. The number of rotatable bonds is 2. The highest BCUT2D eigenvalue weighted by Gasteiger charge is 2.03. The fourth-order valence-corrected chi connectivity index (χ4v) is 0.718. The van der Waals surface area contributed by atoms with E-state index < -0.39 is 0 Å². The standard InChI is InChI=1S/C6H14NP/c1-4(5(2)7)6(3)8/h5-6H,1,7-8H2,2-3H3. The van der Waals surface area contributed by atoms with Gasteiger partial charge in [0, 0.05) is 6.04 Å². The van der Waals surface area contributed by atoms with Gasteiger partial charge in [0.2, 0.25) is 0 Å². The Kier molecular flexibility index (Phi) is 3.27. The number of hydrogen-bond donors (Lipinski definition) is 1. The summed E-state index contributed by atoms with van der Waals surface area (Å²) in [5.74, 6) is 0. The van der Waals surface area contributed by atoms with E-state index in [4.69, 9.17) is 5.73 Å². The van der Waals surface area contributed by atoms with Crippen LogP contribution in [0.25, 0.3) is 0 Å². The quantitative estimate of drug-likeness (QED) is 0.441. The van der Waals surface area contributed by atoms with Crippen molar-refractivity contribution in [1.82, 2.24) is 0 Å². The Bertz CT molecular complexity index is 76.5. The van der Waals surface area contributed by atoms with Crippen molar-refractivity contribution in [2.24, 2.45) is 5.73 Å². The molecule has 2 heteroatoms. The predicted octanol–water partition coefficient (Wildman–Crippen LogP) is 1.15. The van der Waals surface area contributed by atoms with Crippen LogP contribution in [0.2, 0.25) is 0 Å². The Balaban J connectivity index is 3.65. The summed E-state index contributed by atoms with van der Waals surface area (Å²) < 4.78 is 0. The molecule has 0 radical (unpaired) electrons. The fraction of sp³-hybridized carbons (Fsp3) is 0.667. The predicted molar refractivity (Wildman–Crippen MR) is 42.0 cm³/mol. The maximum absolute atomic E-state index is 5.52. The molecule has 0 aromatic carbocycles. The molecule has 2 N–H and O–H groups in total. The van der Waals surface area contributed by atoms with Gasteiger partial charge in [-0.2, -0.15) is 0 Å². The Morgan fingerprint density at radius 1 is 1.62 bits per heavy atom. The van der Waals surface area contributed by atoms with Crippen LogP contribution in [0.4, 0.5) is 0 Å². The molecule has 0 aliphatic heterocycles. The summed E-state index contributed by atoms with van der Waals surface area (Å²) in [7, 11) is 2.66. The minimum absolute atomic E-state index is 0.127. The van der Waals surface area contributed by atoms with Gasteiger partial charge in [-0.25, -0.2) is 0 Å². The van der Waals surface area contributed by atoms with Crippen molar-refractivity contribution in [1.29, 1.82) is 0 Å². The molecule has 0 saturated carbocycles. The molecule has 0 bridgehead atoms. The molecule has 0 aromatic rings. The lowest BCUT2D eigenvalue weighted by Crippen LogP contribution is -2.21. The molecule has 48 valence electrons. The zero-order valence-corrected chi connectivity index (χ0v) is 6.67. The third-order valence-corrected chi connectivity index (χ3v) is 1.60. The summed E-state index contributed by atoms with van der Waals surface area (Å²) in [6.07, 6.45) is 0. The summed E-state index contributed by atoms with van der Waals surface area (Å²) in [5, 5.41) is 0. The summed E-state index contributed by atoms with van der Waals surface area (Å²) in [4.78, 5) is 0. The van der Waals surface area contributed by atoms with Crippen molar-refractivity contribution < 1.29 is 0 Å². The summed E-state index contributed by atoms with van der Waals surface area (Å²) in [6.45, 7) is 7.82. The Hall–Kier alpha value is 0.130. The fourth-order valence-electron chi connectivity index (χ4n) is 0.415. The van der Waals surface area contributed by atoms with E-state index in [-0.39, 0.29) is 6.04 Å². The third-order valence-electron chi connectivity index (χ3n) is 1.17. The van der Waals surface area contributed by atoms with Gasteiger partial charge in [0.25, 0.3) is 0 Å². The van der Waals surface area contributed by atoms with Crippen molar-refractivity contribution >= 4 is 9.24 Å². The lowest BCUT2D eigenvalue weighted by Gasteiger charge is -2.11. The van der Waals surface area contributed by atoms with Gasteiger partial charge in [0.05, 0.1) is 0 Å². The number of hydrogen-bond acceptors (Lipinski definition) is 1. The maximum atomic E-state index is 5.52. The molecule has 0 amide bonds. The van der Waals surface area contributed by atoms with Crippen LogP contribution < -0.4 is 5.73 Å². The molecule has 0 aromatic heterocycles. The largest absolute Gasteiger partial charge is 0.324 e. The molecular formula is C6H14NP. The van der Waals surface area contributed by atoms with Gasteiger partial charge in [-0.1, -0.05) is 19.1 Å². The third kappa shape index (κ3) is 2.44. The van der Waals surface area contributed by atoms with Crippen LogP contribution in [-0.2, 0) is 0 Å². The monoisotopic (exact) mass is 131 g/mol. The first-order chi connectivity index (χ1) is 3.55. The summed E-state index contributed by atoms with van der Waals surface area (Å²) in [5.41, 5.74) is 7.06. The van der Waals surface area contributed by atoms with E-state index in [2.05, 4.69) is 22.7 Å². The highest BCUT2D eigenvalue weighted by Crippen LogP contribution is 2.10. The van der Waals surface area contributed by atoms with E-state index in [9.17, 15) is 0 Å². The molecule has 0 aliphatic carbocycles. The number of nitrogens with two attached hydrogens (primary N) is 1. The lowest BCUT2D eigenvalue weighted by molar-refractivity contribution is 0.826. The van der Waals surface area contributed by atoms with Crippen LogP contribution in [0.3, 0.4) is 0 Å². The summed E-state index contributed by atoms with van der Waals surface area (Å²) in [6, 6.07) is 0.127. The van der Waals surface area contributed by atoms with Crippen LogP contribution in [0.5, 0.6) is 0 Å². The summed E-state index contributed by atoms with van der Waals surface area (Å²) >= 11 is 0. The van der Waals surface area contributed by atoms with E-state index in [0.717, 1.165) is 5.57 Å². The van der Waals surface area contributed by atoms with Crippen LogP contribution in [0, 0.1) is 0 Å². The van der Waals surface area contributed by atoms with Crippen LogP contribution in [0.1, 0.15) is 13.8 Å². The zero-order valence-electron chi connectivity index (χ0n) is 5.52. The molecule has 3 unspecified atom stereocenters. The van der Waals surface area contributed by atoms with Crippen LogP contribution >= 0.6 is 9.24 Å². The Labute approximate surface area is 53.5 Å². The first-order valence-corrected chi connectivity index (χ1v) is 3.42. The zero-order chi connectivity index (χ0) is 6.73. The minimum Gasteiger partial charge on any atom is -0.324 e. The van der Waals surface area contributed by atoms with Crippen LogP contribution in [0.15, 0.2) is 12.2 Å². The van der Waals surface area contributed by atoms with Gasteiger partial charge in [0.15, 0.2) is 0 Å². The maximum Gasteiger partial charge on any atom is 0.0228 e. The second-order valence-electron chi connectivity index (χ2n) is 2.15. The first kappa shape index (κ1) is 8.13. The van der Waals surface area contributed by atoms with Crippen molar-refractivity contribution in [2.75, 3.05) is 0 Å². The normalized spacial score (nSPS) is 17.5. The van der Waals surface area contributed by atoms with E-state index in [0.29, 0.717) is 5.66 Å².